The number of amides is 3. The average molecular weight is 383 g/mol. The lowest BCUT2D eigenvalue weighted by molar-refractivity contribution is 0.0713. The summed E-state index contributed by atoms with van der Waals surface area (Å²) in [4.78, 5) is 29.3. The monoisotopic (exact) mass is 383 g/mol. The molecule has 3 rings (SSSR count). The lowest BCUT2D eigenvalue weighted by atomic mass is 10.2. The summed E-state index contributed by atoms with van der Waals surface area (Å²) in [5, 5.41) is 4.44. The second-order valence-corrected chi connectivity index (χ2v) is 8.21. The van der Waals surface area contributed by atoms with Crippen molar-refractivity contribution in [2.45, 2.75) is 5.25 Å². The number of carbonyl (C=O) groups is 2. The van der Waals surface area contributed by atoms with Gasteiger partial charge in [-0.1, -0.05) is 6.07 Å². The second kappa shape index (κ2) is 7.56. The Morgan fingerprint density at radius 1 is 1.23 bits per heavy atom. The van der Waals surface area contributed by atoms with Gasteiger partial charge >= 0.3 is 6.03 Å². The van der Waals surface area contributed by atoms with Gasteiger partial charge in [-0.05, 0) is 12.1 Å². The van der Waals surface area contributed by atoms with Gasteiger partial charge in [-0.15, -0.1) is 0 Å². The Balaban J connectivity index is 1.56. The number of aromatic nitrogens is 1. The Morgan fingerprint density at radius 2 is 1.92 bits per heavy atom. The molecule has 3 heterocycles. The van der Waals surface area contributed by atoms with Crippen LogP contribution >= 0.6 is 0 Å². The average Bonchev–Trinajstić information content (AvgIpc) is 2.60. The summed E-state index contributed by atoms with van der Waals surface area (Å²) >= 11 is 0. The molecule has 1 aromatic rings. The molecule has 2 aliphatic rings. The summed E-state index contributed by atoms with van der Waals surface area (Å²) in [6.07, 6.45) is 0. The Labute approximate surface area is 151 Å². The number of morpholine rings is 1. The van der Waals surface area contributed by atoms with E-state index < -0.39 is 21.3 Å². The van der Waals surface area contributed by atoms with Crippen molar-refractivity contribution in [2.75, 3.05) is 51.8 Å². The SMILES string of the molecule is CNC(=O)c1cccc(NC(=O)N2CC(S(=O)(=O)N3CCOCC3)C2)n1. The molecule has 26 heavy (non-hydrogen) atoms. The zero-order valence-electron chi connectivity index (χ0n) is 14.3. The zero-order chi connectivity index (χ0) is 18.7. The van der Waals surface area contributed by atoms with Crippen LogP contribution in [0.3, 0.4) is 0 Å². The normalized spacial score (nSPS) is 18.9. The van der Waals surface area contributed by atoms with E-state index in [1.165, 1.54) is 22.3 Å². The van der Waals surface area contributed by atoms with E-state index in [9.17, 15) is 18.0 Å². The van der Waals surface area contributed by atoms with Crippen molar-refractivity contribution in [1.82, 2.24) is 19.5 Å². The van der Waals surface area contributed by atoms with Crippen LogP contribution in [0.15, 0.2) is 18.2 Å². The molecular weight excluding hydrogens is 362 g/mol. The maximum Gasteiger partial charge on any atom is 0.323 e. The standard InChI is InChI=1S/C15H21N5O5S/c1-16-14(21)12-3-2-4-13(17-12)18-15(22)19-9-11(10-19)26(23,24)20-5-7-25-8-6-20/h2-4,11H,5-10H2,1H3,(H,16,21)(H,17,18,22). The number of sulfonamides is 1. The van der Waals surface area contributed by atoms with Crippen molar-refractivity contribution in [2.24, 2.45) is 0 Å². The number of carbonyl (C=O) groups excluding carboxylic acids is 2. The maximum absolute atomic E-state index is 12.5. The van der Waals surface area contributed by atoms with Gasteiger partial charge in [-0.3, -0.25) is 10.1 Å². The highest BCUT2D eigenvalue weighted by Gasteiger charge is 2.43. The van der Waals surface area contributed by atoms with Gasteiger partial charge in [0.05, 0.1) is 13.2 Å². The number of likely N-dealkylation sites (tertiary alicyclic amines) is 1. The zero-order valence-corrected chi connectivity index (χ0v) is 15.2. The number of urea groups is 1. The van der Waals surface area contributed by atoms with Crippen LogP contribution in [-0.4, -0.2) is 86.2 Å². The molecule has 0 saturated carbocycles. The van der Waals surface area contributed by atoms with E-state index in [0.29, 0.717) is 26.3 Å². The molecule has 2 saturated heterocycles. The van der Waals surface area contributed by atoms with Crippen LogP contribution < -0.4 is 10.6 Å². The fourth-order valence-corrected chi connectivity index (χ4v) is 4.57. The van der Waals surface area contributed by atoms with Gasteiger partial charge < -0.3 is 15.0 Å². The Bertz CT molecular complexity index is 787. The molecule has 0 aliphatic carbocycles. The molecule has 2 N–H and O–H groups in total. The van der Waals surface area contributed by atoms with Crippen molar-refractivity contribution in [1.29, 1.82) is 0 Å². The number of nitrogens with one attached hydrogen (secondary N) is 2. The fourth-order valence-electron chi connectivity index (χ4n) is 2.75. The summed E-state index contributed by atoms with van der Waals surface area (Å²) in [5.74, 6) is -0.127. The van der Waals surface area contributed by atoms with E-state index in [0.717, 1.165) is 0 Å². The number of anilines is 1. The van der Waals surface area contributed by atoms with Crippen LogP contribution in [0, 0.1) is 0 Å². The van der Waals surface area contributed by atoms with Gasteiger partial charge in [0.25, 0.3) is 5.91 Å². The molecular formula is C15H21N5O5S. The Kier molecular flexibility index (Phi) is 5.39. The number of hydrogen-bond donors (Lipinski definition) is 2. The quantitative estimate of drug-likeness (QED) is 0.711. The van der Waals surface area contributed by atoms with E-state index in [1.54, 1.807) is 12.1 Å². The number of pyridine rings is 1. The van der Waals surface area contributed by atoms with Gasteiger partial charge in [0.1, 0.15) is 16.8 Å². The second-order valence-electron chi connectivity index (χ2n) is 6.00. The van der Waals surface area contributed by atoms with Crippen molar-refractivity contribution in [3.8, 4) is 0 Å². The van der Waals surface area contributed by atoms with Crippen molar-refractivity contribution >= 4 is 27.8 Å². The Morgan fingerprint density at radius 3 is 2.58 bits per heavy atom. The van der Waals surface area contributed by atoms with Crippen LogP contribution in [0.2, 0.25) is 0 Å². The lowest BCUT2D eigenvalue weighted by Crippen LogP contribution is -2.61. The van der Waals surface area contributed by atoms with Crippen molar-refractivity contribution < 1.29 is 22.7 Å². The number of hydrogen-bond acceptors (Lipinski definition) is 6. The molecule has 0 bridgehead atoms. The molecule has 2 aliphatic heterocycles. The van der Waals surface area contributed by atoms with Crippen molar-refractivity contribution in [3.05, 3.63) is 23.9 Å². The Hall–Kier alpha value is -2.24. The number of nitrogens with zero attached hydrogens (tertiary/aromatic N) is 3. The van der Waals surface area contributed by atoms with Crippen LogP contribution in [0.25, 0.3) is 0 Å². The molecule has 2 fully saturated rings. The van der Waals surface area contributed by atoms with Gasteiger partial charge in [0, 0.05) is 33.2 Å². The summed E-state index contributed by atoms with van der Waals surface area (Å²) in [6, 6.07) is 4.25. The van der Waals surface area contributed by atoms with Crippen molar-refractivity contribution in [3.63, 3.8) is 0 Å². The van der Waals surface area contributed by atoms with Crippen LogP contribution in [0.4, 0.5) is 10.6 Å². The first kappa shape index (κ1) is 18.5. The minimum absolute atomic E-state index is 0.126. The molecule has 0 unspecified atom stereocenters. The van der Waals surface area contributed by atoms with Gasteiger partial charge in [-0.2, -0.15) is 4.31 Å². The molecule has 11 heteroatoms. The molecule has 0 radical (unpaired) electrons. The first-order valence-electron chi connectivity index (χ1n) is 8.23. The molecule has 1 aromatic heterocycles. The largest absolute Gasteiger partial charge is 0.379 e. The third-order valence-electron chi connectivity index (χ3n) is 4.33. The van der Waals surface area contributed by atoms with E-state index >= 15 is 0 Å². The molecule has 0 aromatic carbocycles. The van der Waals surface area contributed by atoms with E-state index in [2.05, 4.69) is 15.6 Å². The van der Waals surface area contributed by atoms with Crippen LogP contribution in [0.5, 0.6) is 0 Å². The predicted octanol–water partition coefficient (Wildman–Crippen LogP) is -0.681. The summed E-state index contributed by atoms with van der Waals surface area (Å²) < 4.78 is 31.6. The minimum Gasteiger partial charge on any atom is -0.379 e. The van der Waals surface area contributed by atoms with E-state index in [4.69, 9.17) is 4.74 Å². The smallest absolute Gasteiger partial charge is 0.323 e. The summed E-state index contributed by atoms with van der Waals surface area (Å²) in [5.41, 5.74) is 0.182. The third-order valence-corrected chi connectivity index (χ3v) is 6.56. The summed E-state index contributed by atoms with van der Waals surface area (Å²) in [7, 11) is -1.93. The first-order chi connectivity index (χ1) is 12.4. The third kappa shape index (κ3) is 3.79. The topological polar surface area (TPSA) is 121 Å². The first-order valence-corrected chi connectivity index (χ1v) is 9.74. The maximum atomic E-state index is 12.5. The molecule has 142 valence electrons. The highest BCUT2D eigenvalue weighted by atomic mass is 32.2. The molecule has 0 atom stereocenters. The number of ether oxygens (including phenoxy) is 1. The van der Waals surface area contributed by atoms with Gasteiger partial charge in [0.15, 0.2) is 0 Å². The highest BCUT2D eigenvalue weighted by Crippen LogP contribution is 2.21. The highest BCUT2D eigenvalue weighted by molar-refractivity contribution is 7.89. The minimum atomic E-state index is -3.42. The fraction of sp³-hybridized carbons (Fsp3) is 0.533. The van der Waals surface area contributed by atoms with E-state index in [1.807, 2.05) is 0 Å². The van der Waals surface area contributed by atoms with Gasteiger partial charge in [0.2, 0.25) is 10.0 Å². The molecule has 3 amide bonds. The summed E-state index contributed by atoms with van der Waals surface area (Å²) in [6.45, 7) is 1.73. The van der Waals surface area contributed by atoms with Gasteiger partial charge in [-0.25, -0.2) is 18.2 Å². The van der Waals surface area contributed by atoms with Crippen LogP contribution in [0.1, 0.15) is 10.5 Å². The molecule has 10 nitrogen and oxygen atoms in total. The number of rotatable bonds is 4. The van der Waals surface area contributed by atoms with E-state index in [-0.39, 0.29) is 30.5 Å². The predicted molar refractivity (Wildman–Crippen MR) is 93.3 cm³/mol. The molecule has 0 spiro atoms. The van der Waals surface area contributed by atoms with Crippen LogP contribution in [-0.2, 0) is 14.8 Å². The lowest BCUT2D eigenvalue weighted by Gasteiger charge is -2.41.